The zero-order valence-electron chi connectivity index (χ0n) is 19.7. The lowest BCUT2D eigenvalue weighted by atomic mass is 10.1. The second-order valence-corrected chi connectivity index (χ2v) is 8.44. The van der Waals surface area contributed by atoms with Gasteiger partial charge in [-0.15, -0.1) is 0 Å². The van der Waals surface area contributed by atoms with E-state index in [1.54, 1.807) is 30.5 Å². The summed E-state index contributed by atoms with van der Waals surface area (Å²) in [5.74, 6) is -0.184. The standard InChI is InChI=1S/C27H28N4O5/c32-19-30(25-10-4-6-14-28-25)15-7-5-11-26(33)29-20-12-13-24-23(16-20)31(21-8-2-1-3-9-21)18-22(36-24)17-27(34)35/h1-4,6,8-10,12-14,16,19,22H,5,7,11,15,17-18H2,(H,29,33)(H,34,35)/p-1. The number of ether oxygens (including phenoxy) is 1. The second kappa shape index (κ2) is 11.8. The van der Waals surface area contributed by atoms with E-state index >= 15 is 0 Å². The number of para-hydroxylation sites is 1. The number of carboxylic acid groups (broad SMARTS) is 1. The third kappa shape index (κ3) is 6.38. The van der Waals surface area contributed by atoms with Crippen molar-refractivity contribution in [2.45, 2.75) is 31.8 Å². The number of carboxylic acids is 1. The fraction of sp³-hybridized carbons (Fsp3) is 0.259. The highest BCUT2D eigenvalue weighted by atomic mass is 16.5. The molecule has 0 radical (unpaired) electrons. The second-order valence-electron chi connectivity index (χ2n) is 8.44. The minimum atomic E-state index is -1.17. The van der Waals surface area contributed by atoms with Gasteiger partial charge in [0.1, 0.15) is 17.7 Å². The van der Waals surface area contributed by atoms with E-state index in [1.807, 2.05) is 47.4 Å². The largest absolute Gasteiger partial charge is 0.550 e. The molecule has 1 aliphatic heterocycles. The highest BCUT2D eigenvalue weighted by Gasteiger charge is 2.27. The van der Waals surface area contributed by atoms with Gasteiger partial charge in [-0.05, 0) is 55.3 Å². The topological polar surface area (TPSA) is 115 Å². The van der Waals surface area contributed by atoms with Gasteiger partial charge in [-0.1, -0.05) is 24.3 Å². The number of hydrogen-bond donors (Lipinski definition) is 1. The number of benzene rings is 2. The molecule has 1 aliphatic rings. The molecular formula is C27H27N4O5-. The van der Waals surface area contributed by atoms with Gasteiger partial charge in [0.15, 0.2) is 0 Å². The van der Waals surface area contributed by atoms with E-state index in [0.717, 1.165) is 17.8 Å². The van der Waals surface area contributed by atoms with Crippen LogP contribution in [0.25, 0.3) is 0 Å². The SMILES string of the molecule is O=CN(CCCCC(=O)Nc1ccc2c(c1)N(c1ccccc1)CC(CC(=O)[O-])O2)c1ccccn1. The van der Waals surface area contributed by atoms with E-state index in [9.17, 15) is 19.5 Å². The Bertz CT molecular complexity index is 1190. The van der Waals surface area contributed by atoms with Crippen molar-refractivity contribution < 1.29 is 24.2 Å². The quantitative estimate of drug-likeness (QED) is 0.327. The van der Waals surface area contributed by atoms with E-state index in [1.165, 1.54) is 4.90 Å². The van der Waals surface area contributed by atoms with Crippen LogP contribution in [0.5, 0.6) is 5.75 Å². The van der Waals surface area contributed by atoms with Crippen molar-refractivity contribution in [1.82, 2.24) is 4.98 Å². The van der Waals surface area contributed by atoms with Gasteiger partial charge >= 0.3 is 0 Å². The summed E-state index contributed by atoms with van der Waals surface area (Å²) >= 11 is 0. The van der Waals surface area contributed by atoms with Crippen LogP contribution in [0, 0.1) is 0 Å². The molecule has 1 atom stereocenters. The predicted molar refractivity (Wildman–Crippen MR) is 134 cm³/mol. The maximum absolute atomic E-state index is 12.6. The Morgan fingerprint density at radius 3 is 2.64 bits per heavy atom. The van der Waals surface area contributed by atoms with Crippen molar-refractivity contribution in [2.75, 3.05) is 28.2 Å². The van der Waals surface area contributed by atoms with E-state index in [4.69, 9.17) is 4.74 Å². The number of pyridine rings is 1. The van der Waals surface area contributed by atoms with E-state index in [2.05, 4.69) is 10.3 Å². The Balaban J connectivity index is 1.37. The molecule has 1 aromatic heterocycles. The molecule has 3 aromatic rings. The average Bonchev–Trinajstić information content (AvgIpc) is 2.89. The number of aromatic nitrogens is 1. The Morgan fingerprint density at radius 1 is 1.11 bits per heavy atom. The van der Waals surface area contributed by atoms with Crippen molar-refractivity contribution in [3.8, 4) is 5.75 Å². The van der Waals surface area contributed by atoms with Crippen LogP contribution >= 0.6 is 0 Å². The summed E-state index contributed by atoms with van der Waals surface area (Å²) in [6, 6.07) is 20.2. The van der Waals surface area contributed by atoms with Gasteiger partial charge in [0, 0.05) is 42.9 Å². The van der Waals surface area contributed by atoms with Crippen LogP contribution < -0.4 is 25.0 Å². The number of unbranched alkanes of at least 4 members (excludes halogenated alkanes) is 1. The molecule has 2 heterocycles. The van der Waals surface area contributed by atoms with Gasteiger partial charge in [0.05, 0.1) is 12.2 Å². The number of nitrogens with one attached hydrogen (secondary N) is 1. The van der Waals surface area contributed by atoms with Crippen LogP contribution in [0.15, 0.2) is 72.9 Å². The van der Waals surface area contributed by atoms with Gasteiger partial charge < -0.3 is 24.9 Å². The lowest BCUT2D eigenvalue weighted by Crippen LogP contribution is -2.41. The minimum absolute atomic E-state index is 0.136. The molecule has 0 saturated carbocycles. The summed E-state index contributed by atoms with van der Waals surface area (Å²) in [5.41, 5.74) is 2.25. The van der Waals surface area contributed by atoms with Gasteiger partial charge in [0.25, 0.3) is 0 Å². The maximum Gasteiger partial charge on any atom is 0.224 e. The first-order valence-corrected chi connectivity index (χ1v) is 11.8. The summed E-state index contributed by atoms with van der Waals surface area (Å²) < 4.78 is 5.89. The Morgan fingerprint density at radius 2 is 1.92 bits per heavy atom. The van der Waals surface area contributed by atoms with Crippen molar-refractivity contribution >= 4 is 41.2 Å². The summed E-state index contributed by atoms with van der Waals surface area (Å²) in [7, 11) is 0. The number of rotatable bonds is 11. The fourth-order valence-corrected chi connectivity index (χ4v) is 4.11. The molecule has 9 nitrogen and oxygen atoms in total. The average molecular weight is 488 g/mol. The predicted octanol–water partition coefficient (Wildman–Crippen LogP) is 2.89. The smallest absolute Gasteiger partial charge is 0.224 e. The minimum Gasteiger partial charge on any atom is -0.550 e. The third-order valence-corrected chi connectivity index (χ3v) is 5.80. The van der Waals surface area contributed by atoms with E-state index < -0.39 is 12.1 Å². The molecule has 1 unspecified atom stereocenters. The number of amides is 2. The van der Waals surface area contributed by atoms with Crippen molar-refractivity contribution in [1.29, 1.82) is 0 Å². The van der Waals surface area contributed by atoms with Crippen molar-refractivity contribution in [3.05, 3.63) is 72.9 Å². The zero-order chi connectivity index (χ0) is 25.3. The molecule has 0 spiro atoms. The molecule has 186 valence electrons. The van der Waals surface area contributed by atoms with Crippen LogP contribution in [-0.2, 0) is 14.4 Å². The van der Waals surface area contributed by atoms with Crippen molar-refractivity contribution in [3.63, 3.8) is 0 Å². The Kier molecular flexibility index (Phi) is 8.12. The first-order chi connectivity index (χ1) is 17.5. The molecule has 0 saturated heterocycles. The number of anilines is 4. The van der Waals surface area contributed by atoms with Gasteiger partial charge in [0.2, 0.25) is 12.3 Å². The van der Waals surface area contributed by atoms with Crippen LogP contribution in [0.1, 0.15) is 25.7 Å². The third-order valence-electron chi connectivity index (χ3n) is 5.80. The van der Waals surface area contributed by atoms with Crippen LogP contribution in [0.3, 0.4) is 0 Å². The highest BCUT2D eigenvalue weighted by Crippen LogP contribution is 2.40. The number of nitrogens with zero attached hydrogens (tertiary/aromatic N) is 3. The van der Waals surface area contributed by atoms with E-state index in [0.29, 0.717) is 49.6 Å². The van der Waals surface area contributed by atoms with E-state index in [-0.39, 0.29) is 12.3 Å². The first-order valence-electron chi connectivity index (χ1n) is 11.8. The molecule has 1 N–H and O–H groups in total. The lowest BCUT2D eigenvalue weighted by molar-refractivity contribution is -0.307. The monoisotopic (exact) mass is 487 g/mol. The van der Waals surface area contributed by atoms with Gasteiger partial charge in [-0.2, -0.15) is 0 Å². The van der Waals surface area contributed by atoms with Gasteiger partial charge in [-0.3, -0.25) is 14.5 Å². The number of hydrogen-bond acceptors (Lipinski definition) is 7. The fourth-order valence-electron chi connectivity index (χ4n) is 4.11. The van der Waals surface area contributed by atoms with Crippen molar-refractivity contribution in [2.24, 2.45) is 0 Å². The number of aliphatic carboxylic acids is 1. The van der Waals surface area contributed by atoms with Crippen LogP contribution in [0.4, 0.5) is 22.9 Å². The first kappa shape index (κ1) is 24.7. The molecule has 0 fully saturated rings. The molecule has 2 amide bonds. The van der Waals surface area contributed by atoms with Gasteiger partial charge in [-0.25, -0.2) is 4.98 Å². The molecular weight excluding hydrogens is 460 g/mol. The number of carbonyl (C=O) groups is 3. The molecule has 0 bridgehead atoms. The number of carbonyl (C=O) groups excluding carboxylic acids is 3. The maximum atomic E-state index is 12.6. The lowest BCUT2D eigenvalue weighted by Gasteiger charge is -2.36. The summed E-state index contributed by atoms with van der Waals surface area (Å²) in [5, 5.41) is 14.1. The van der Waals surface area contributed by atoms with Crippen LogP contribution in [0.2, 0.25) is 0 Å². The highest BCUT2D eigenvalue weighted by molar-refractivity contribution is 5.92. The summed E-state index contributed by atoms with van der Waals surface area (Å²) in [6.45, 7) is 0.814. The molecule has 2 aromatic carbocycles. The summed E-state index contributed by atoms with van der Waals surface area (Å²) in [4.78, 5) is 42.7. The molecule has 9 heteroatoms. The van der Waals surface area contributed by atoms with Crippen LogP contribution in [-0.4, -0.2) is 42.5 Å². The number of fused-ring (bicyclic) bond motifs is 1. The normalized spacial score (nSPS) is 14.3. The molecule has 36 heavy (non-hydrogen) atoms. The molecule has 4 rings (SSSR count). The Labute approximate surface area is 209 Å². The molecule has 0 aliphatic carbocycles. The summed E-state index contributed by atoms with van der Waals surface area (Å²) in [6.07, 6.45) is 3.17. The zero-order valence-corrected chi connectivity index (χ0v) is 19.7. The Hall–Kier alpha value is -4.40.